The van der Waals surface area contributed by atoms with Crippen molar-refractivity contribution in [3.8, 4) is 0 Å². The molecule has 0 bridgehead atoms. The summed E-state index contributed by atoms with van der Waals surface area (Å²) in [5.74, 6) is -1.42. The third kappa shape index (κ3) is 5.09. The lowest BCUT2D eigenvalue weighted by atomic mass is 9.91. The van der Waals surface area contributed by atoms with Crippen LogP contribution in [0.15, 0.2) is 0 Å². The minimum absolute atomic E-state index is 0.250. The Labute approximate surface area is 72.4 Å². The summed E-state index contributed by atoms with van der Waals surface area (Å²) in [4.78, 5) is 10.6. The van der Waals surface area contributed by atoms with E-state index < -0.39 is 17.5 Å². The summed E-state index contributed by atoms with van der Waals surface area (Å²) in [6.07, 6.45) is 0.666. The second kappa shape index (κ2) is 4.42. The fourth-order valence-electron chi connectivity index (χ4n) is 1.12. The zero-order valence-electron chi connectivity index (χ0n) is 7.58. The molecule has 0 saturated heterocycles. The van der Waals surface area contributed by atoms with E-state index in [4.69, 9.17) is 10.8 Å². The van der Waals surface area contributed by atoms with Crippen LogP contribution in [0.4, 0.5) is 0 Å². The third-order valence-corrected chi connectivity index (χ3v) is 1.61. The van der Waals surface area contributed by atoms with Gasteiger partial charge in [0.1, 0.15) is 0 Å². The van der Waals surface area contributed by atoms with Crippen molar-refractivity contribution in [3.63, 3.8) is 0 Å². The maximum absolute atomic E-state index is 10.6. The van der Waals surface area contributed by atoms with Crippen molar-refractivity contribution in [3.05, 3.63) is 0 Å². The third-order valence-electron chi connectivity index (χ3n) is 1.61. The van der Waals surface area contributed by atoms with Gasteiger partial charge in [-0.1, -0.05) is 0 Å². The molecule has 0 fully saturated rings. The van der Waals surface area contributed by atoms with Gasteiger partial charge < -0.3 is 15.9 Å². The fraction of sp³-hybridized carbons (Fsp3) is 0.875. The number of hydrogen-bond donors (Lipinski definition) is 3. The average molecular weight is 175 g/mol. The van der Waals surface area contributed by atoms with Gasteiger partial charge in [-0.15, -0.1) is 0 Å². The molecule has 0 aromatic carbocycles. The normalized spacial score (nSPS) is 14.3. The summed E-state index contributed by atoms with van der Waals surface area (Å²) >= 11 is 0. The number of rotatable bonds is 5. The first kappa shape index (κ1) is 11.4. The Hall–Kier alpha value is -0.610. The Bertz CT molecular complexity index is 151. The second-order valence-electron chi connectivity index (χ2n) is 3.63. The summed E-state index contributed by atoms with van der Waals surface area (Å²) in [5.41, 5.74) is 4.31. The van der Waals surface area contributed by atoms with E-state index in [1.807, 2.05) is 0 Å². The predicted molar refractivity (Wildman–Crippen MR) is 45.7 cm³/mol. The SMILES string of the molecule is CC(C)(O)CC(CCN)C(=O)O. The number of aliphatic hydroxyl groups is 1. The molecule has 0 radical (unpaired) electrons. The molecule has 0 rings (SSSR count). The molecule has 0 aromatic rings. The highest BCUT2D eigenvalue weighted by Gasteiger charge is 2.24. The van der Waals surface area contributed by atoms with Crippen LogP contribution in [-0.4, -0.2) is 28.3 Å². The molecule has 4 nitrogen and oxygen atoms in total. The Kier molecular flexibility index (Phi) is 4.20. The number of aliphatic carboxylic acids is 1. The van der Waals surface area contributed by atoms with Gasteiger partial charge in [-0.05, 0) is 33.2 Å². The van der Waals surface area contributed by atoms with Gasteiger partial charge in [0.25, 0.3) is 0 Å². The molecule has 1 atom stereocenters. The zero-order chi connectivity index (χ0) is 9.78. The van der Waals surface area contributed by atoms with Crippen LogP contribution < -0.4 is 5.73 Å². The van der Waals surface area contributed by atoms with Gasteiger partial charge in [0.2, 0.25) is 0 Å². The summed E-state index contributed by atoms with van der Waals surface area (Å²) in [7, 11) is 0. The van der Waals surface area contributed by atoms with E-state index in [-0.39, 0.29) is 6.42 Å². The van der Waals surface area contributed by atoms with E-state index in [2.05, 4.69) is 0 Å². The fourth-order valence-corrected chi connectivity index (χ4v) is 1.12. The minimum atomic E-state index is -0.932. The van der Waals surface area contributed by atoms with Crippen LogP contribution in [0.3, 0.4) is 0 Å². The highest BCUT2D eigenvalue weighted by atomic mass is 16.4. The van der Waals surface area contributed by atoms with Gasteiger partial charge in [0.15, 0.2) is 0 Å². The van der Waals surface area contributed by atoms with Crippen LogP contribution >= 0.6 is 0 Å². The van der Waals surface area contributed by atoms with E-state index >= 15 is 0 Å². The molecular formula is C8H17NO3. The van der Waals surface area contributed by atoms with E-state index in [0.29, 0.717) is 13.0 Å². The smallest absolute Gasteiger partial charge is 0.306 e. The monoisotopic (exact) mass is 175 g/mol. The Morgan fingerprint density at radius 3 is 2.33 bits per heavy atom. The first-order valence-corrected chi connectivity index (χ1v) is 4.02. The van der Waals surface area contributed by atoms with E-state index in [1.54, 1.807) is 13.8 Å². The molecule has 0 aliphatic rings. The Balaban J connectivity index is 4.05. The molecule has 0 amide bonds. The standard InChI is InChI=1S/C8H17NO3/c1-8(2,12)5-6(3-4-9)7(10)11/h6,12H,3-5,9H2,1-2H3,(H,10,11). The van der Waals surface area contributed by atoms with Gasteiger partial charge in [0, 0.05) is 0 Å². The quantitative estimate of drug-likeness (QED) is 0.557. The van der Waals surface area contributed by atoms with E-state index in [9.17, 15) is 9.90 Å². The van der Waals surface area contributed by atoms with Gasteiger partial charge >= 0.3 is 5.97 Å². The molecule has 0 spiro atoms. The van der Waals surface area contributed by atoms with E-state index in [1.165, 1.54) is 0 Å². The first-order chi connectivity index (χ1) is 5.37. The molecule has 72 valence electrons. The molecule has 0 aliphatic carbocycles. The molecule has 0 aromatic heterocycles. The van der Waals surface area contributed by atoms with Crippen LogP contribution in [0.1, 0.15) is 26.7 Å². The topological polar surface area (TPSA) is 83.5 Å². The number of nitrogens with two attached hydrogens (primary N) is 1. The Morgan fingerprint density at radius 1 is 1.58 bits per heavy atom. The van der Waals surface area contributed by atoms with Gasteiger partial charge in [0.05, 0.1) is 11.5 Å². The van der Waals surface area contributed by atoms with Gasteiger partial charge in [-0.25, -0.2) is 0 Å². The van der Waals surface area contributed by atoms with Crippen molar-refractivity contribution in [1.29, 1.82) is 0 Å². The van der Waals surface area contributed by atoms with Crippen molar-refractivity contribution in [2.24, 2.45) is 11.7 Å². The largest absolute Gasteiger partial charge is 0.481 e. The van der Waals surface area contributed by atoms with Gasteiger partial charge in [-0.3, -0.25) is 4.79 Å². The highest BCUT2D eigenvalue weighted by molar-refractivity contribution is 5.70. The first-order valence-electron chi connectivity index (χ1n) is 4.02. The van der Waals surface area contributed by atoms with Crippen LogP contribution in [-0.2, 0) is 4.79 Å². The number of carboxylic acid groups (broad SMARTS) is 1. The summed E-state index contributed by atoms with van der Waals surface area (Å²) < 4.78 is 0. The van der Waals surface area contributed by atoms with Crippen molar-refractivity contribution >= 4 is 5.97 Å². The summed E-state index contributed by atoms with van der Waals surface area (Å²) in [6.45, 7) is 3.53. The van der Waals surface area contributed by atoms with Crippen LogP contribution in [0.5, 0.6) is 0 Å². The van der Waals surface area contributed by atoms with E-state index in [0.717, 1.165) is 0 Å². The van der Waals surface area contributed by atoms with Crippen molar-refractivity contribution in [2.45, 2.75) is 32.3 Å². The van der Waals surface area contributed by atoms with Gasteiger partial charge in [-0.2, -0.15) is 0 Å². The number of carbonyl (C=O) groups is 1. The lowest BCUT2D eigenvalue weighted by Crippen LogP contribution is -2.29. The maximum atomic E-state index is 10.6. The number of hydrogen-bond acceptors (Lipinski definition) is 3. The maximum Gasteiger partial charge on any atom is 0.306 e. The van der Waals surface area contributed by atoms with Crippen LogP contribution in [0, 0.1) is 5.92 Å². The molecule has 0 heterocycles. The zero-order valence-corrected chi connectivity index (χ0v) is 7.58. The molecule has 1 unspecified atom stereocenters. The lowest BCUT2D eigenvalue weighted by molar-refractivity contribution is -0.144. The summed E-state index contributed by atoms with van der Waals surface area (Å²) in [5, 5.41) is 18.1. The van der Waals surface area contributed by atoms with Crippen molar-refractivity contribution in [2.75, 3.05) is 6.54 Å². The molecule has 0 aliphatic heterocycles. The van der Waals surface area contributed by atoms with Crippen LogP contribution in [0.2, 0.25) is 0 Å². The molecule has 0 saturated carbocycles. The highest BCUT2D eigenvalue weighted by Crippen LogP contribution is 2.18. The Morgan fingerprint density at radius 2 is 2.08 bits per heavy atom. The average Bonchev–Trinajstić information content (AvgIpc) is 1.83. The molecule has 12 heavy (non-hydrogen) atoms. The predicted octanol–water partition coefficient (Wildman–Crippen LogP) is 0.197. The molecular weight excluding hydrogens is 158 g/mol. The lowest BCUT2D eigenvalue weighted by Gasteiger charge is -2.21. The molecule has 4 N–H and O–H groups in total. The summed E-state index contributed by atoms with van der Waals surface area (Å²) in [6, 6.07) is 0. The second-order valence-corrected chi connectivity index (χ2v) is 3.63. The van der Waals surface area contributed by atoms with Crippen LogP contribution in [0.25, 0.3) is 0 Å². The minimum Gasteiger partial charge on any atom is -0.481 e. The molecule has 4 heteroatoms. The van der Waals surface area contributed by atoms with Crippen molar-refractivity contribution in [1.82, 2.24) is 0 Å². The number of carboxylic acids is 1. The van der Waals surface area contributed by atoms with Crippen molar-refractivity contribution < 1.29 is 15.0 Å².